The number of hydrogen-bond acceptors (Lipinski definition) is 3. The number of thioether (sulfide) groups is 1. The summed E-state index contributed by atoms with van der Waals surface area (Å²) >= 11 is 1.72. The van der Waals surface area contributed by atoms with Gasteiger partial charge in [0.1, 0.15) is 0 Å². The molecule has 0 amide bonds. The van der Waals surface area contributed by atoms with E-state index < -0.39 is 0 Å². The Kier molecular flexibility index (Phi) is 2.31. The molecule has 2 rings (SSSR count). The Balaban J connectivity index is 2.33. The molecular formula is C9H9N3S. The van der Waals surface area contributed by atoms with Gasteiger partial charge < -0.3 is 0 Å². The molecule has 13 heavy (non-hydrogen) atoms. The summed E-state index contributed by atoms with van der Waals surface area (Å²) in [4.78, 5) is 2.85. The molecule has 0 fully saturated rings. The minimum absolute atomic E-state index is 0.989. The lowest BCUT2D eigenvalue weighted by Gasteiger charge is -1.99. The van der Waals surface area contributed by atoms with Crippen LogP contribution in [0.15, 0.2) is 41.6 Å². The summed E-state index contributed by atoms with van der Waals surface area (Å²) in [6.07, 6.45) is 5.39. The number of hydrogen-bond donors (Lipinski definition) is 0. The Bertz CT molecular complexity index is 366. The number of benzene rings is 1. The molecular weight excluding hydrogens is 182 g/mol. The first kappa shape index (κ1) is 8.31. The van der Waals surface area contributed by atoms with Gasteiger partial charge in [-0.2, -0.15) is 15.0 Å². The number of nitrogens with zero attached hydrogens (tertiary/aromatic N) is 3. The van der Waals surface area contributed by atoms with Crippen molar-refractivity contribution in [1.29, 1.82) is 0 Å². The van der Waals surface area contributed by atoms with E-state index >= 15 is 0 Å². The summed E-state index contributed by atoms with van der Waals surface area (Å²) in [5.41, 5.74) is 0.989. The van der Waals surface area contributed by atoms with Gasteiger partial charge in [0.2, 0.25) is 0 Å². The average molecular weight is 191 g/mol. The molecule has 0 aliphatic carbocycles. The molecule has 0 saturated carbocycles. The SMILES string of the molecule is CSc1ccc(-n2nccn2)cc1. The molecule has 2 aromatic rings. The van der Waals surface area contributed by atoms with Crippen LogP contribution in [-0.2, 0) is 0 Å². The van der Waals surface area contributed by atoms with Crippen LogP contribution in [0.5, 0.6) is 0 Å². The van der Waals surface area contributed by atoms with Crippen LogP contribution < -0.4 is 0 Å². The Morgan fingerprint density at radius 2 is 1.69 bits per heavy atom. The number of aromatic nitrogens is 3. The zero-order valence-corrected chi connectivity index (χ0v) is 8.03. The first-order valence-corrected chi connectivity index (χ1v) is 5.13. The molecule has 1 heterocycles. The molecule has 0 bridgehead atoms. The van der Waals surface area contributed by atoms with Crippen molar-refractivity contribution in [2.24, 2.45) is 0 Å². The standard InChI is InChI=1S/C9H9N3S/c1-13-9-4-2-8(3-5-9)12-10-6-7-11-12/h2-7H,1H3. The van der Waals surface area contributed by atoms with Gasteiger partial charge in [-0.15, -0.1) is 11.8 Å². The van der Waals surface area contributed by atoms with E-state index in [4.69, 9.17) is 0 Å². The van der Waals surface area contributed by atoms with Gasteiger partial charge in [-0.3, -0.25) is 0 Å². The van der Waals surface area contributed by atoms with Gasteiger partial charge in [0.15, 0.2) is 0 Å². The Hall–Kier alpha value is -1.29. The van der Waals surface area contributed by atoms with E-state index in [2.05, 4.69) is 28.6 Å². The van der Waals surface area contributed by atoms with E-state index in [-0.39, 0.29) is 0 Å². The summed E-state index contributed by atoms with van der Waals surface area (Å²) in [5, 5.41) is 8.08. The van der Waals surface area contributed by atoms with Crippen LogP contribution in [0.25, 0.3) is 5.69 Å². The second kappa shape index (κ2) is 3.62. The molecule has 4 heteroatoms. The van der Waals surface area contributed by atoms with E-state index in [0.29, 0.717) is 0 Å². The van der Waals surface area contributed by atoms with Crippen molar-refractivity contribution in [2.75, 3.05) is 6.26 Å². The third kappa shape index (κ3) is 1.72. The fourth-order valence-corrected chi connectivity index (χ4v) is 1.47. The van der Waals surface area contributed by atoms with Gasteiger partial charge in [0.25, 0.3) is 0 Å². The third-order valence-corrected chi connectivity index (χ3v) is 2.47. The summed E-state index contributed by atoms with van der Waals surface area (Å²) in [7, 11) is 0. The van der Waals surface area contributed by atoms with Crippen LogP contribution in [0.3, 0.4) is 0 Å². The molecule has 1 aromatic carbocycles. The van der Waals surface area contributed by atoms with E-state index in [9.17, 15) is 0 Å². The monoisotopic (exact) mass is 191 g/mol. The highest BCUT2D eigenvalue weighted by Crippen LogP contribution is 2.15. The zero-order valence-electron chi connectivity index (χ0n) is 7.21. The lowest BCUT2D eigenvalue weighted by Crippen LogP contribution is -1.97. The van der Waals surface area contributed by atoms with Crippen LogP contribution in [0.2, 0.25) is 0 Å². The van der Waals surface area contributed by atoms with Crippen LogP contribution in [-0.4, -0.2) is 21.2 Å². The van der Waals surface area contributed by atoms with Gasteiger partial charge >= 0.3 is 0 Å². The predicted molar refractivity (Wildman–Crippen MR) is 53.1 cm³/mol. The molecule has 0 atom stereocenters. The van der Waals surface area contributed by atoms with E-state index in [0.717, 1.165) is 5.69 Å². The maximum Gasteiger partial charge on any atom is 0.0857 e. The largest absolute Gasteiger partial charge is 0.157 e. The number of rotatable bonds is 2. The molecule has 0 spiro atoms. The maximum atomic E-state index is 4.04. The smallest absolute Gasteiger partial charge is 0.0857 e. The molecule has 0 aliphatic heterocycles. The maximum absolute atomic E-state index is 4.04. The highest BCUT2D eigenvalue weighted by molar-refractivity contribution is 7.98. The third-order valence-electron chi connectivity index (χ3n) is 1.72. The van der Waals surface area contributed by atoms with Crippen molar-refractivity contribution in [3.8, 4) is 5.69 Å². The molecule has 1 aromatic heterocycles. The lowest BCUT2D eigenvalue weighted by molar-refractivity contribution is 0.751. The Morgan fingerprint density at radius 3 is 2.23 bits per heavy atom. The second-order valence-corrected chi connectivity index (χ2v) is 3.40. The predicted octanol–water partition coefficient (Wildman–Crippen LogP) is 1.99. The van der Waals surface area contributed by atoms with Crippen molar-refractivity contribution < 1.29 is 0 Å². The van der Waals surface area contributed by atoms with E-state index in [1.54, 1.807) is 29.0 Å². The normalized spacial score (nSPS) is 10.2. The fourth-order valence-electron chi connectivity index (χ4n) is 1.06. The van der Waals surface area contributed by atoms with Crippen molar-refractivity contribution in [3.05, 3.63) is 36.7 Å². The Labute approximate surface area is 80.8 Å². The van der Waals surface area contributed by atoms with E-state index in [1.807, 2.05) is 12.1 Å². The fraction of sp³-hybridized carbons (Fsp3) is 0.111. The van der Waals surface area contributed by atoms with Crippen LogP contribution in [0.1, 0.15) is 0 Å². The quantitative estimate of drug-likeness (QED) is 0.680. The van der Waals surface area contributed by atoms with Gasteiger partial charge in [-0.25, -0.2) is 0 Å². The zero-order chi connectivity index (χ0) is 9.10. The molecule has 0 N–H and O–H groups in total. The van der Waals surface area contributed by atoms with E-state index in [1.165, 1.54) is 4.90 Å². The highest BCUT2D eigenvalue weighted by atomic mass is 32.2. The van der Waals surface area contributed by atoms with Crippen LogP contribution in [0.4, 0.5) is 0 Å². The molecule has 0 saturated heterocycles. The van der Waals surface area contributed by atoms with Crippen molar-refractivity contribution in [1.82, 2.24) is 15.0 Å². The first-order valence-electron chi connectivity index (χ1n) is 3.91. The molecule has 66 valence electrons. The minimum atomic E-state index is 0.989. The molecule has 3 nitrogen and oxygen atoms in total. The highest BCUT2D eigenvalue weighted by Gasteiger charge is 1.96. The summed E-state index contributed by atoms with van der Waals surface area (Å²) in [6.45, 7) is 0. The summed E-state index contributed by atoms with van der Waals surface area (Å²) < 4.78 is 0. The first-order chi connectivity index (χ1) is 6.40. The van der Waals surface area contributed by atoms with Crippen molar-refractivity contribution in [2.45, 2.75) is 4.90 Å². The van der Waals surface area contributed by atoms with Gasteiger partial charge in [0.05, 0.1) is 18.1 Å². The molecule has 0 unspecified atom stereocenters. The van der Waals surface area contributed by atoms with Crippen molar-refractivity contribution >= 4 is 11.8 Å². The van der Waals surface area contributed by atoms with Gasteiger partial charge in [0, 0.05) is 4.90 Å². The summed E-state index contributed by atoms with van der Waals surface area (Å²) in [6, 6.07) is 8.13. The average Bonchev–Trinajstić information content (AvgIpc) is 2.71. The van der Waals surface area contributed by atoms with Crippen molar-refractivity contribution in [3.63, 3.8) is 0 Å². The minimum Gasteiger partial charge on any atom is -0.157 e. The Morgan fingerprint density at radius 1 is 1.08 bits per heavy atom. The second-order valence-electron chi connectivity index (χ2n) is 2.52. The lowest BCUT2D eigenvalue weighted by atomic mass is 10.3. The van der Waals surface area contributed by atoms with Gasteiger partial charge in [-0.1, -0.05) is 0 Å². The molecule has 0 aliphatic rings. The van der Waals surface area contributed by atoms with Crippen LogP contribution in [0, 0.1) is 0 Å². The van der Waals surface area contributed by atoms with Gasteiger partial charge in [-0.05, 0) is 30.5 Å². The summed E-state index contributed by atoms with van der Waals surface area (Å²) in [5.74, 6) is 0. The topological polar surface area (TPSA) is 30.7 Å². The molecule has 0 radical (unpaired) electrons. The van der Waals surface area contributed by atoms with Crippen LogP contribution >= 0.6 is 11.8 Å².